The van der Waals surface area contributed by atoms with Crippen LogP contribution >= 0.6 is 11.3 Å². The summed E-state index contributed by atoms with van der Waals surface area (Å²) in [4.78, 5) is 26.8. The maximum Gasteiger partial charge on any atom is 0.273 e. The van der Waals surface area contributed by atoms with E-state index in [0.29, 0.717) is 24.2 Å². The van der Waals surface area contributed by atoms with Crippen molar-refractivity contribution in [2.24, 2.45) is 0 Å². The third kappa shape index (κ3) is 4.60. The average molecular weight is 380 g/mol. The Labute approximate surface area is 162 Å². The van der Waals surface area contributed by atoms with E-state index in [-0.39, 0.29) is 11.6 Å². The monoisotopic (exact) mass is 380 g/mol. The highest BCUT2D eigenvalue weighted by atomic mass is 32.1. The minimum Gasteiger partial charge on any atom is -0.333 e. The highest BCUT2D eigenvalue weighted by molar-refractivity contribution is 7.09. The molecular formula is C21H20N2O3S. The van der Waals surface area contributed by atoms with Gasteiger partial charge in [-0.15, -0.1) is 11.3 Å². The van der Waals surface area contributed by atoms with Crippen molar-refractivity contribution in [1.29, 1.82) is 0 Å². The van der Waals surface area contributed by atoms with Gasteiger partial charge in [-0.05, 0) is 36.4 Å². The van der Waals surface area contributed by atoms with Crippen LogP contribution in [0.5, 0.6) is 0 Å². The Hall–Kier alpha value is -2.99. The van der Waals surface area contributed by atoms with Gasteiger partial charge in [0, 0.05) is 28.6 Å². The molecule has 3 aromatic rings. The second-order valence-electron chi connectivity index (χ2n) is 6.25. The van der Waals surface area contributed by atoms with Crippen molar-refractivity contribution in [3.8, 4) is 0 Å². The molecule has 0 spiro atoms. The summed E-state index contributed by atoms with van der Waals surface area (Å²) in [5.41, 5.74) is 1.91. The molecular weight excluding hydrogens is 360 g/mol. The van der Waals surface area contributed by atoms with E-state index in [9.17, 15) is 14.9 Å². The molecule has 0 aliphatic heterocycles. The topological polar surface area (TPSA) is 63.5 Å². The molecule has 1 aromatic heterocycles. The maximum absolute atomic E-state index is 13.2. The van der Waals surface area contributed by atoms with E-state index in [1.54, 1.807) is 35.3 Å². The first kappa shape index (κ1) is 18.8. The van der Waals surface area contributed by atoms with Gasteiger partial charge in [0.2, 0.25) is 0 Å². The fraction of sp³-hybridized carbons (Fsp3) is 0.190. The smallest absolute Gasteiger partial charge is 0.273 e. The Kier molecular flexibility index (Phi) is 5.98. The fourth-order valence-corrected chi connectivity index (χ4v) is 3.69. The molecule has 0 atom stereocenters. The maximum atomic E-state index is 13.2. The van der Waals surface area contributed by atoms with E-state index in [1.165, 1.54) is 6.07 Å². The molecule has 0 saturated carbocycles. The standard InChI is InChI=1S/C21H20N2O3S/c1-16-19(10-5-11-20(16)23(25)26)21(24)22(15-18-9-6-14-27-18)13-12-17-7-3-2-4-8-17/h2-11,14H,12-13,15H2,1H3. The number of nitrogens with zero attached hydrogens (tertiary/aromatic N) is 2. The lowest BCUT2D eigenvalue weighted by Gasteiger charge is -2.23. The van der Waals surface area contributed by atoms with E-state index >= 15 is 0 Å². The van der Waals surface area contributed by atoms with Crippen LogP contribution in [-0.4, -0.2) is 22.3 Å². The van der Waals surface area contributed by atoms with E-state index < -0.39 is 4.92 Å². The first-order chi connectivity index (χ1) is 13.1. The lowest BCUT2D eigenvalue weighted by Crippen LogP contribution is -2.32. The summed E-state index contributed by atoms with van der Waals surface area (Å²) < 4.78 is 0. The van der Waals surface area contributed by atoms with Crippen LogP contribution < -0.4 is 0 Å². The Morgan fingerprint density at radius 3 is 2.52 bits per heavy atom. The van der Waals surface area contributed by atoms with Gasteiger partial charge in [-0.3, -0.25) is 14.9 Å². The van der Waals surface area contributed by atoms with Gasteiger partial charge in [-0.2, -0.15) is 0 Å². The number of hydrogen-bond acceptors (Lipinski definition) is 4. The number of hydrogen-bond donors (Lipinski definition) is 0. The Morgan fingerprint density at radius 1 is 1.07 bits per heavy atom. The summed E-state index contributed by atoms with van der Waals surface area (Å²) in [5.74, 6) is -0.180. The van der Waals surface area contributed by atoms with Gasteiger partial charge >= 0.3 is 0 Å². The van der Waals surface area contributed by atoms with Crippen molar-refractivity contribution in [2.45, 2.75) is 19.9 Å². The summed E-state index contributed by atoms with van der Waals surface area (Å²) in [6.45, 7) is 2.67. The van der Waals surface area contributed by atoms with Crippen molar-refractivity contribution in [3.05, 3.63) is 97.7 Å². The molecule has 5 nitrogen and oxygen atoms in total. The molecule has 3 rings (SSSR count). The van der Waals surface area contributed by atoms with Crippen molar-refractivity contribution in [1.82, 2.24) is 4.90 Å². The van der Waals surface area contributed by atoms with Gasteiger partial charge in [0.15, 0.2) is 0 Å². The van der Waals surface area contributed by atoms with Crippen LogP contribution in [0.15, 0.2) is 66.0 Å². The normalized spacial score (nSPS) is 10.6. The first-order valence-electron chi connectivity index (χ1n) is 8.66. The molecule has 0 fully saturated rings. The molecule has 0 N–H and O–H groups in total. The summed E-state index contributed by atoms with van der Waals surface area (Å²) in [7, 11) is 0. The van der Waals surface area contributed by atoms with Gasteiger partial charge < -0.3 is 4.90 Å². The van der Waals surface area contributed by atoms with Crippen molar-refractivity contribution in [2.75, 3.05) is 6.54 Å². The van der Waals surface area contributed by atoms with Crippen molar-refractivity contribution >= 4 is 22.9 Å². The van der Waals surface area contributed by atoms with Crippen LogP contribution in [0.2, 0.25) is 0 Å². The molecule has 27 heavy (non-hydrogen) atoms. The van der Waals surface area contributed by atoms with Crippen LogP contribution in [0.1, 0.15) is 26.4 Å². The van der Waals surface area contributed by atoms with Crippen molar-refractivity contribution in [3.63, 3.8) is 0 Å². The second kappa shape index (κ2) is 8.60. The molecule has 1 heterocycles. The molecule has 1 amide bonds. The highest BCUT2D eigenvalue weighted by Gasteiger charge is 2.22. The predicted octanol–water partition coefficient (Wildman–Crippen LogP) is 4.85. The predicted molar refractivity (Wildman–Crippen MR) is 107 cm³/mol. The van der Waals surface area contributed by atoms with E-state index in [4.69, 9.17) is 0 Å². The van der Waals surface area contributed by atoms with Crippen LogP contribution in [0.25, 0.3) is 0 Å². The SMILES string of the molecule is Cc1c(C(=O)N(CCc2ccccc2)Cc2cccs2)cccc1[N+](=O)[O-]. The number of nitro benzene ring substituents is 1. The lowest BCUT2D eigenvalue weighted by molar-refractivity contribution is -0.385. The van der Waals surface area contributed by atoms with Crippen LogP contribution in [-0.2, 0) is 13.0 Å². The quantitative estimate of drug-likeness (QED) is 0.435. The number of amides is 1. The zero-order valence-corrected chi connectivity index (χ0v) is 15.8. The van der Waals surface area contributed by atoms with Crippen LogP contribution in [0.4, 0.5) is 5.69 Å². The van der Waals surface area contributed by atoms with Gasteiger partial charge in [0.25, 0.3) is 11.6 Å². The molecule has 0 aliphatic carbocycles. The van der Waals surface area contributed by atoms with Crippen LogP contribution in [0, 0.1) is 17.0 Å². The zero-order chi connectivity index (χ0) is 19.2. The molecule has 0 saturated heterocycles. The Morgan fingerprint density at radius 2 is 1.85 bits per heavy atom. The lowest BCUT2D eigenvalue weighted by atomic mass is 10.0. The summed E-state index contributed by atoms with van der Waals surface area (Å²) in [5, 5.41) is 13.2. The minimum atomic E-state index is -0.445. The summed E-state index contributed by atoms with van der Waals surface area (Å²) in [6.07, 6.45) is 0.728. The van der Waals surface area contributed by atoms with E-state index in [0.717, 1.165) is 16.9 Å². The van der Waals surface area contributed by atoms with Crippen molar-refractivity contribution < 1.29 is 9.72 Å². The van der Waals surface area contributed by atoms with Crippen LogP contribution in [0.3, 0.4) is 0 Å². The molecule has 6 heteroatoms. The summed E-state index contributed by atoms with van der Waals surface area (Å²) in [6, 6.07) is 18.6. The third-order valence-electron chi connectivity index (χ3n) is 4.46. The number of thiophene rings is 1. The number of carbonyl (C=O) groups excluding carboxylic acids is 1. The molecule has 0 bridgehead atoms. The molecule has 138 valence electrons. The molecule has 0 aliphatic rings. The molecule has 0 unspecified atom stereocenters. The Balaban J connectivity index is 1.86. The van der Waals surface area contributed by atoms with Gasteiger partial charge in [0.05, 0.1) is 11.5 Å². The zero-order valence-electron chi connectivity index (χ0n) is 15.0. The van der Waals surface area contributed by atoms with Gasteiger partial charge in [-0.25, -0.2) is 0 Å². The fourth-order valence-electron chi connectivity index (χ4n) is 2.98. The molecule has 2 aromatic carbocycles. The minimum absolute atomic E-state index is 0.0278. The largest absolute Gasteiger partial charge is 0.333 e. The highest BCUT2D eigenvalue weighted by Crippen LogP contribution is 2.23. The Bertz CT molecular complexity index is 924. The van der Waals surface area contributed by atoms with Gasteiger partial charge in [-0.1, -0.05) is 42.5 Å². The van der Waals surface area contributed by atoms with Gasteiger partial charge in [0.1, 0.15) is 0 Å². The van der Waals surface area contributed by atoms with E-state index in [1.807, 2.05) is 47.8 Å². The third-order valence-corrected chi connectivity index (χ3v) is 5.32. The first-order valence-corrected chi connectivity index (χ1v) is 9.54. The molecule has 0 radical (unpaired) electrons. The number of rotatable bonds is 7. The number of benzene rings is 2. The summed E-state index contributed by atoms with van der Waals surface area (Å²) >= 11 is 1.60. The number of nitro groups is 1. The second-order valence-corrected chi connectivity index (χ2v) is 7.28. The van der Waals surface area contributed by atoms with E-state index in [2.05, 4.69) is 0 Å². The average Bonchev–Trinajstić information content (AvgIpc) is 3.18. The number of carbonyl (C=O) groups is 1.